The minimum atomic E-state index is 0.435. The Balaban J connectivity index is 1.17. The van der Waals surface area contributed by atoms with Gasteiger partial charge in [0.1, 0.15) is 18.2 Å². The molecule has 0 aliphatic carbocycles. The molecule has 0 radical (unpaired) electrons. The first-order valence-electron chi connectivity index (χ1n) is 11.6. The zero-order valence-electron chi connectivity index (χ0n) is 19.2. The summed E-state index contributed by atoms with van der Waals surface area (Å²) in [5.74, 6) is 2.12. The van der Waals surface area contributed by atoms with Crippen LogP contribution in [0.15, 0.2) is 84.9 Å². The lowest BCUT2D eigenvalue weighted by atomic mass is 9.93. The van der Waals surface area contributed by atoms with Gasteiger partial charge in [-0.3, -0.25) is 0 Å². The molecular weight excluding hydrogens is 422 g/mol. The van der Waals surface area contributed by atoms with E-state index >= 15 is 0 Å². The van der Waals surface area contributed by atoms with Gasteiger partial charge in [0, 0.05) is 11.8 Å². The molecule has 1 atom stereocenters. The molecule has 0 aliphatic heterocycles. The third-order valence-corrected chi connectivity index (χ3v) is 6.10. The molecule has 6 nitrogen and oxygen atoms in total. The summed E-state index contributed by atoms with van der Waals surface area (Å²) in [6.45, 7) is 2.70. The van der Waals surface area contributed by atoms with E-state index in [9.17, 15) is 0 Å². The van der Waals surface area contributed by atoms with Gasteiger partial charge < -0.3 is 4.74 Å². The van der Waals surface area contributed by atoms with Crippen molar-refractivity contribution < 1.29 is 4.74 Å². The Morgan fingerprint density at radius 1 is 0.882 bits per heavy atom. The third kappa shape index (κ3) is 5.46. The van der Waals surface area contributed by atoms with Crippen LogP contribution in [0.5, 0.6) is 5.75 Å². The first kappa shape index (κ1) is 21.8. The van der Waals surface area contributed by atoms with Crippen LogP contribution in [-0.4, -0.2) is 25.6 Å². The number of nitrogens with zero attached hydrogens (tertiary/aromatic N) is 4. The van der Waals surface area contributed by atoms with E-state index < -0.39 is 0 Å². The van der Waals surface area contributed by atoms with E-state index in [0.717, 1.165) is 47.4 Å². The van der Waals surface area contributed by atoms with Gasteiger partial charge in [-0.25, -0.2) is 10.1 Å². The summed E-state index contributed by atoms with van der Waals surface area (Å²) in [6, 6.07) is 29.4. The summed E-state index contributed by atoms with van der Waals surface area (Å²) in [6.07, 6.45) is 2.73. The van der Waals surface area contributed by atoms with Gasteiger partial charge in [0.25, 0.3) is 0 Å². The second-order valence-electron chi connectivity index (χ2n) is 8.64. The summed E-state index contributed by atoms with van der Waals surface area (Å²) >= 11 is 0. The summed E-state index contributed by atoms with van der Waals surface area (Å²) in [5.41, 5.74) is 5.82. The lowest BCUT2D eigenvalue weighted by molar-refractivity contribution is 0.301. The standard InChI is InChI=1S/C28H27N5O/c1-20(9-16-28-30-32-33-31-28)24-7-4-5-22(18-24)17-21-10-14-26(15-11-21)34-19-25-13-12-23-6-2-3-8-27(23)29-25/h2-8,10-15,18,20H,9,16-17,19H2,1H3,(H,30,31,32,33). The second-order valence-corrected chi connectivity index (χ2v) is 8.64. The summed E-state index contributed by atoms with van der Waals surface area (Å²) in [7, 11) is 0. The highest BCUT2D eigenvalue weighted by Gasteiger charge is 2.09. The van der Waals surface area contributed by atoms with Crippen LogP contribution < -0.4 is 4.74 Å². The van der Waals surface area contributed by atoms with E-state index in [2.05, 4.69) is 81.1 Å². The molecular formula is C28H27N5O. The quantitative estimate of drug-likeness (QED) is 0.314. The molecule has 5 aromatic rings. The van der Waals surface area contributed by atoms with Gasteiger partial charge in [-0.2, -0.15) is 0 Å². The van der Waals surface area contributed by atoms with Crippen molar-refractivity contribution in [3.8, 4) is 5.75 Å². The summed E-state index contributed by atoms with van der Waals surface area (Å²) < 4.78 is 5.98. The topological polar surface area (TPSA) is 76.6 Å². The van der Waals surface area contributed by atoms with Crippen molar-refractivity contribution in [2.24, 2.45) is 0 Å². The minimum Gasteiger partial charge on any atom is -0.487 e. The van der Waals surface area contributed by atoms with Gasteiger partial charge in [-0.1, -0.05) is 67.6 Å². The van der Waals surface area contributed by atoms with Crippen molar-refractivity contribution in [3.05, 3.63) is 113 Å². The Hall–Kier alpha value is -4.06. The molecule has 0 saturated carbocycles. The number of fused-ring (bicyclic) bond motifs is 1. The number of hydrogen-bond donors (Lipinski definition) is 1. The molecule has 2 heterocycles. The van der Waals surface area contributed by atoms with Crippen LogP contribution in [0.4, 0.5) is 0 Å². The van der Waals surface area contributed by atoms with Gasteiger partial charge >= 0.3 is 0 Å². The normalized spacial score (nSPS) is 12.0. The number of aromatic nitrogens is 5. The van der Waals surface area contributed by atoms with Crippen LogP contribution >= 0.6 is 0 Å². The Morgan fingerprint density at radius 3 is 2.62 bits per heavy atom. The molecule has 0 saturated heterocycles. The van der Waals surface area contributed by atoms with Gasteiger partial charge in [0.2, 0.25) is 0 Å². The van der Waals surface area contributed by atoms with E-state index in [1.807, 2.05) is 36.4 Å². The van der Waals surface area contributed by atoms with Crippen LogP contribution in [0.2, 0.25) is 0 Å². The third-order valence-electron chi connectivity index (χ3n) is 6.10. The number of H-pyrrole nitrogens is 1. The zero-order chi connectivity index (χ0) is 23.2. The van der Waals surface area contributed by atoms with Crippen LogP contribution in [0.25, 0.3) is 10.9 Å². The molecule has 1 N–H and O–H groups in total. The molecule has 34 heavy (non-hydrogen) atoms. The van der Waals surface area contributed by atoms with E-state index in [0.29, 0.717) is 12.5 Å². The highest BCUT2D eigenvalue weighted by molar-refractivity contribution is 5.78. The number of aromatic amines is 1. The molecule has 0 bridgehead atoms. The average Bonchev–Trinajstić information content (AvgIpc) is 3.41. The summed E-state index contributed by atoms with van der Waals surface area (Å²) in [5, 5.41) is 15.2. The van der Waals surface area contributed by atoms with Crippen molar-refractivity contribution in [1.82, 2.24) is 25.6 Å². The van der Waals surface area contributed by atoms with Crippen molar-refractivity contribution in [2.45, 2.75) is 38.7 Å². The fourth-order valence-corrected chi connectivity index (χ4v) is 4.10. The fourth-order valence-electron chi connectivity index (χ4n) is 4.10. The highest BCUT2D eigenvalue weighted by Crippen LogP contribution is 2.23. The number of aryl methyl sites for hydroxylation is 1. The van der Waals surface area contributed by atoms with Crippen molar-refractivity contribution in [1.29, 1.82) is 0 Å². The Morgan fingerprint density at radius 2 is 1.76 bits per heavy atom. The molecule has 0 spiro atoms. The monoisotopic (exact) mass is 449 g/mol. The van der Waals surface area contributed by atoms with Crippen LogP contribution in [-0.2, 0) is 19.4 Å². The average molecular weight is 450 g/mol. The number of pyridine rings is 1. The van der Waals surface area contributed by atoms with Gasteiger partial charge in [0.05, 0.1) is 11.2 Å². The molecule has 1 unspecified atom stereocenters. The maximum Gasteiger partial charge on any atom is 0.148 e. The lowest BCUT2D eigenvalue weighted by Gasteiger charge is -2.13. The number of ether oxygens (including phenoxy) is 1. The maximum absolute atomic E-state index is 5.98. The second kappa shape index (κ2) is 10.3. The number of para-hydroxylation sites is 1. The lowest BCUT2D eigenvalue weighted by Crippen LogP contribution is -2.00. The van der Waals surface area contributed by atoms with E-state index in [4.69, 9.17) is 4.74 Å². The Labute approximate surface area is 199 Å². The molecule has 6 heteroatoms. The molecule has 5 rings (SSSR count). The van der Waals surface area contributed by atoms with Crippen molar-refractivity contribution in [2.75, 3.05) is 0 Å². The Kier molecular flexibility index (Phi) is 6.56. The van der Waals surface area contributed by atoms with Crippen LogP contribution in [0.1, 0.15) is 47.5 Å². The first-order chi connectivity index (χ1) is 16.7. The fraction of sp³-hybridized carbons (Fsp3) is 0.214. The molecule has 0 fully saturated rings. The van der Waals surface area contributed by atoms with E-state index in [-0.39, 0.29) is 0 Å². The predicted molar refractivity (Wildman–Crippen MR) is 133 cm³/mol. The molecule has 2 aromatic heterocycles. The van der Waals surface area contributed by atoms with E-state index in [1.165, 1.54) is 16.7 Å². The number of nitrogens with one attached hydrogen (secondary N) is 1. The van der Waals surface area contributed by atoms with Gasteiger partial charge in [-0.15, -0.1) is 5.10 Å². The van der Waals surface area contributed by atoms with E-state index in [1.54, 1.807) is 0 Å². The highest BCUT2D eigenvalue weighted by atomic mass is 16.5. The Bertz CT molecular complexity index is 1350. The number of rotatable bonds is 9. The largest absolute Gasteiger partial charge is 0.487 e. The number of hydrogen-bond acceptors (Lipinski definition) is 5. The van der Waals surface area contributed by atoms with Gasteiger partial charge in [0.15, 0.2) is 0 Å². The van der Waals surface area contributed by atoms with Crippen molar-refractivity contribution in [3.63, 3.8) is 0 Å². The zero-order valence-corrected chi connectivity index (χ0v) is 19.2. The smallest absolute Gasteiger partial charge is 0.148 e. The molecule has 170 valence electrons. The van der Waals surface area contributed by atoms with Crippen LogP contribution in [0, 0.1) is 0 Å². The SMILES string of the molecule is CC(CCc1nnn[nH]1)c1cccc(Cc2ccc(OCc3ccc4ccccc4n3)cc2)c1. The molecule has 0 amide bonds. The first-order valence-corrected chi connectivity index (χ1v) is 11.6. The minimum absolute atomic E-state index is 0.435. The van der Waals surface area contributed by atoms with Crippen LogP contribution in [0.3, 0.4) is 0 Å². The maximum atomic E-state index is 5.98. The number of benzene rings is 3. The van der Waals surface area contributed by atoms with Gasteiger partial charge in [-0.05, 0) is 70.1 Å². The molecule has 3 aromatic carbocycles. The predicted octanol–water partition coefficient (Wildman–Crippen LogP) is 5.65. The summed E-state index contributed by atoms with van der Waals surface area (Å²) in [4.78, 5) is 4.68. The van der Waals surface area contributed by atoms with Crippen molar-refractivity contribution >= 4 is 10.9 Å². The number of tetrazole rings is 1. The molecule has 0 aliphatic rings.